The molecular formula is C12H17ClN2O5S. The molecule has 0 heterocycles. The molecule has 0 aromatic heterocycles. The van der Waals surface area contributed by atoms with E-state index >= 15 is 0 Å². The molecule has 0 amide bonds. The van der Waals surface area contributed by atoms with Crippen LogP contribution < -0.4 is 4.72 Å². The predicted octanol–water partition coefficient (Wildman–Crippen LogP) is 2.00. The van der Waals surface area contributed by atoms with Crippen molar-refractivity contribution in [1.29, 1.82) is 0 Å². The van der Waals surface area contributed by atoms with Crippen LogP contribution in [0.15, 0.2) is 17.0 Å². The first kappa shape index (κ1) is 17.8. The van der Waals surface area contributed by atoms with Crippen molar-refractivity contribution in [1.82, 2.24) is 4.72 Å². The van der Waals surface area contributed by atoms with E-state index in [2.05, 4.69) is 4.72 Å². The number of hydrogen-bond donors (Lipinski definition) is 2. The molecule has 1 atom stereocenters. The molecule has 21 heavy (non-hydrogen) atoms. The number of hydrogen-bond acceptors (Lipinski definition) is 5. The third kappa shape index (κ3) is 4.92. The molecular weight excluding hydrogens is 320 g/mol. The second kappa shape index (κ2) is 7.17. The van der Waals surface area contributed by atoms with E-state index in [4.69, 9.17) is 16.7 Å². The van der Waals surface area contributed by atoms with Crippen molar-refractivity contribution in [2.75, 3.05) is 6.54 Å². The lowest BCUT2D eigenvalue weighted by Gasteiger charge is -2.09. The summed E-state index contributed by atoms with van der Waals surface area (Å²) in [6, 6.07) is 2.17. The van der Waals surface area contributed by atoms with Gasteiger partial charge in [-0.25, -0.2) is 13.1 Å². The Kier molecular flexibility index (Phi) is 6.09. The fraction of sp³-hybridized carbons (Fsp3) is 0.500. The maximum atomic E-state index is 12.1. The molecule has 0 fully saturated rings. The number of aliphatic hydroxyl groups is 1. The number of benzene rings is 1. The highest BCUT2D eigenvalue weighted by Crippen LogP contribution is 2.29. The number of sulfonamides is 1. The van der Waals surface area contributed by atoms with Gasteiger partial charge in [0.1, 0.15) is 0 Å². The van der Waals surface area contributed by atoms with Crippen LogP contribution in [0.1, 0.15) is 25.3 Å². The summed E-state index contributed by atoms with van der Waals surface area (Å²) in [5.74, 6) is 0. The SMILES string of the molecule is Cc1c(Cl)cc(S(=O)(=O)NCCCC(C)O)cc1[N+](=O)[O-]. The summed E-state index contributed by atoms with van der Waals surface area (Å²) in [5, 5.41) is 20.0. The van der Waals surface area contributed by atoms with E-state index in [0.717, 1.165) is 6.07 Å². The molecule has 0 bridgehead atoms. The Morgan fingerprint density at radius 1 is 1.48 bits per heavy atom. The van der Waals surface area contributed by atoms with Gasteiger partial charge >= 0.3 is 0 Å². The lowest BCUT2D eigenvalue weighted by Crippen LogP contribution is -2.25. The monoisotopic (exact) mass is 336 g/mol. The van der Waals surface area contributed by atoms with Gasteiger partial charge in [0.15, 0.2) is 0 Å². The second-order valence-electron chi connectivity index (χ2n) is 4.70. The van der Waals surface area contributed by atoms with Gasteiger partial charge in [-0.2, -0.15) is 0 Å². The van der Waals surface area contributed by atoms with E-state index in [1.807, 2.05) is 0 Å². The summed E-state index contributed by atoms with van der Waals surface area (Å²) >= 11 is 5.84. The number of nitro benzene ring substituents is 1. The van der Waals surface area contributed by atoms with Crippen LogP contribution in [0.2, 0.25) is 5.02 Å². The fourth-order valence-corrected chi connectivity index (χ4v) is 3.07. The molecule has 9 heteroatoms. The first-order valence-electron chi connectivity index (χ1n) is 6.27. The van der Waals surface area contributed by atoms with Gasteiger partial charge in [0.25, 0.3) is 5.69 Å². The predicted molar refractivity (Wildman–Crippen MR) is 78.9 cm³/mol. The third-order valence-corrected chi connectivity index (χ3v) is 4.72. The van der Waals surface area contributed by atoms with Gasteiger partial charge in [-0.3, -0.25) is 10.1 Å². The van der Waals surface area contributed by atoms with Crippen molar-refractivity contribution >= 4 is 27.3 Å². The first-order chi connectivity index (χ1) is 9.65. The fourth-order valence-electron chi connectivity index (χ4n) is 1.67. The standard InChI is InChI=1S/C12H17ClN2O5S/c1-8(16)4-3-5-14-21(19,20)10-6-11(13)9(2)12(7-10)15(17)18/h6-8,14,16H,3-5H2,1-2H3. The van der Waals surface area contributed by atoms with E-state index in [0.29, 0.717) is 12.8 Å². The van der Waals surface area contributed by atoms with Crippen LogP contribution in [0.4, 0.5) is 5.69 Å². The van der Waals surface area contributed by atoms with Crippen molar-refractivity contribution in [2.24, 2.45) is 0 Å². The molecule has 1 rings (SSSR count). The van der Waals surface area contributed by atoms with Gasteiger partial charge in [-0.05, 0) is 32.8 Å². The van der Waals surface area contributed by atoms with Crippen molar-refractivity contribution in [3.63, 3.8) is 0 Å². The Labute approximate surface area is 128 Å². The Balaban J connectivity index is 2.96. The van der Waals surface area contributed by atoms with E-state index < -0.39 is 21.1 Å². The number of nitrogens with one attached hydrogen (secondary N) is 1. The summed E-state index contributed by atoms with van der Waals surface area (Å²) in [7, 11) is -3.87. The van der Waals surface area contributed by atoms with Crippen LogP contribution in [0.5, 0.6) is 0 Å². The average Bonchev–Trinajstić information content (AvgIpc) is 2.37. The summed E-state index contributed by atoms with van der Waals surface area (Å²) in [5.41, 5.74) is -0.124. The molecule has 2 N–H and O–H groups in total. The maximum Gasteiger partial charge on any atom is 0.275 e. The highest BCUT2D eigenvalue weighted by Gasteiger charge is 2.22. The average molecular weight is 337 g/mol. The number of nitrogens with zero attached hydrogens (tertiary/aromatic N) is 1. The van der Waals surface area contributed by atoms with Gasteiger partial charge in [0.2, 0.25) is 10.0 Å². The van der Waals surface area contributed by atoms with Crippen LogP contribution in [0.3, 0.4) is 0 Å². The molecule has 118 valence electrons. The lowest BCUT2D eigenvalue weighted by atomic mass is 10.2. The van der Waals surface area contributed by atoms with Crippen LogP contribution in [0, 0.1) is 17.0 Å². The zero-order chi connectivity index (χ0) is 16.2. The van der Waals surface area contributed by atoms with Crippen molar-refractivity contribution in [3.8, 4) is 0 Å². The maximum absolute atomic E-state index is 12.1. The highest BCUT2D eigenvalue weighted by atomic mass is 35.5. The number of halogens is 1. The Bertz CT molecular complexity index is 631. The molecule has 0 aliphatic rings. The lowest BCUT2D eigenvalue weighted by molar-refractivity contribution is -0.385. The van der Waals surface area contributed by atoms with Crippen LogP contribution in [-0.2, 0) is 10.0 Å². The smallest absolute Gasteiger partial charge is 0.275 e. The van der Waals surface area contributed by atoms with Crippen LogP contribution in [0.25, 0.3) is 0 Å². The normalized spacial score (nSPS) is 13.1. The van der Waals surface area contributed by atoms with Crippen molar-refractivity contribution in [2.45, 2.75) is 37.7 Å². The molecule has 1 aromatic carbocycles. The van der Waals surface area contributed by atoms with Crippen molar-refractivity contribution < 1.29 is 18.4 Å². The highest BCUT2D eigenvalue weighted by molar-refractivity contribution is 7.89. The van der Waals surface area contributed by atoms with Gasteiger partial charge < -0.3 is 5.11 Å². The zero-order valence-electron chi connectivity index (χ0n) is 11.7. The Morgan fingerprint density at radius 2 is 2.10 bits per heavy atom. The topological polar surface area (TPSA) is 110 Å². The second-order valence-corrected chi connectivity index (χ2v) is 6.87. The number of rotatable bonds is 7. The minimum absolute atomic E-state index is 0.0218. The van der Waals surface area contributed by atoms with Gasteiger partial charge in [-0.15, -0.1) is 0 Å². The molecule has 0 aliphatic heterocycles. The first-order valence-corrected chi connectivity index (χ1v) is 8.13. The van der Waals surface area contributed by atoms with Gasteiger partial charge in [0.05, 0.1) is 20.9 Å². The number of aliphatic hydroxyl groups excluding tert-OH is 1. The molecule has 0 aliphatic carbocycles. The Morgan fingerprint density at radius 3 is 2.62 bits per heavy atom. The van der Waals surface area contributed by atoms with Crippen LogP contribution >= 0.6 is 11.6 Å². The molecule has 7 nitrogen and oxygen atoms in total. The molecule has 0 saturated heterocycles. The zero-order valence-corrected chi connectivity index (χ0v) is 13.2. The largest absolute Gasteiger partial charge is 0.393 e. The van der Waals surface area contributed by atoms with Gasteiger partial charge in [-0.1, -0.05) is 11.6 Å². The molecule has 0 radical (unpaired) electrons. The van der Waals surface area contributed by atoms with E-state index in [9.17, 15) is 18.5 Å². The molecule has 1 aromatic rings. The van der Waals surface area contributed by atoms with Gasteiger partial charge in [0, 0.05) is 18.2 Å². The minimum atomic E-state index is -3.87. The molecule has 0 saturated carbocycles. The summed E-state index contributed by atoms with van der Waals surface area (Å²) in [6.45, 7) is 3.19. The van der Waals surface area contributed by atoms with E-state index in [-0.39, 0.29) is 27.7 Å². The summed E-state index contributed by atoms with van der Waals surface area (Å²) < 4.78 is 26.4. The molecule has 1 unspecified atom stereocenters. The summed E-state index contributed by atoms with van der Waals surface area (Å²) in [6.07, 6.45) is 0.403. The minimum Gasteiger partial charge on any atom is -0.393 e. The van der Waals surface area contributed by atoms with Crippen LogP contribution in [-0.4, -0.2) is 31.1 Å². The van der Waals surface area contributed by atoms with Crippen molar-refractivity contribution in [3.05, 3.63) is 32.8 Å². The van der Waals surface area contributed by atoms with E-state index in [1.54, 1.807) is 6.92 Å². The molecule has 0 spiro atoms. The Hall–Kier alpha value is -1.22. The van der Waals surface area contributed by atoms with E-state index in [1.165, 1.54) is 13.0 Å². The number of nitro groups is 1. The summed E-state index contributed by atoms with van der Waals surface area (Å²) in [4.78, 5) is 9.97. The quantitative estimate of drug-likeness (QED) is 0.449. The third-order valence-electron chi connectivity index (χ3n) is 2.89.